The summed E-state index contributed by atoms with van der Waals surface area (Å²) in [6.45, 7) is 6.85. The van der Waals surface area contributed by atoms with Gasteiger partial charge in [-0.25, -0.2) is 9.78 Å². The van der Waals surface area contributed by atoms with Gasteiger partial charge < -0.3 is 14.2 Å². The molecule has 1 rings (SSSR count). The van der Waals surface area contributed by atoms with Gasteiger partial charge in [-0.1, -0.05) is 6.07 Å². The van der Waals surface area contributed by atoms with Crippen molar-refractivity contribution in [2.45, 2.75) is 27.1 Å². The van der Waals surface area contributed by atoms with Crippen LogP contribution in [0, 0.1) is 0 Å². The third kappa shape index (κ3) is 4.09. The van der Waals surface area contributed by atoms with Crippen LogP contribution >= 0.6 is 0 Å². The molecule has 100 valence electrons. The standard InChI is InChI=1S/C13H19NO4/c1-4-16-12(15)10-8-7-9-11(14-10)13(17-5-2)18-6-3/h7-9,13H,4-6H2,1-3H3. The van der Waals surface area contributed by atoms with E-state index in [1.807, 2.05) is 13.8 Å². The third-order valence-electron chi connectivity index (χ3n) is 2.13. The fraction of sp³-hybridized carbons (Fsp3) is 0.538. The molecule has 0 saturated heterocycles. The molecule has 1 aromatic rings. The molecule has 0 aliphatic carbocycles. The van der Waals surface area contributed by atoms with E-state index in [-0.39, 0.29) is 5.69 Å². The van der Waals surface area contributed by atoms with E-state index in [1.165, 1.54) is 0 Å². The minimum atomic E-state index is -0.547. The Balaban J connectivity index is 2.87. The van der Waals surface area contributed by atoms with Gasteiger partial charge in [-0.3, -0.25) is 0 Å². The number of aromatic nitrogens is 1. The van der Waals surface area contributed by atoms with Crippen molar-refractivity contribution >= 4 is 5.97 Å². The van der Waals surface area contributed by atoms with Crippen molar-refractivity contribution in [2.75, 3.05) is 19.8 Å². The zero-order chi connectivity index (χ0) is 13.4. The first-order chi connectivity index (χ1) is 8.72. The van der Waals surface area contributed by atoms with Crippen molar-refractivity contribution in [3.8, 4) is 0 Å². The highest BCUT2D eigenvalue weighted by atomic mass is 16.7. The van der Waals surface area contributed by atoms with E-state index in [4.69, 9.17) is 14.2 Å². The van der Waals surface area contributed by atoms with Crippen molar-refractivity contribution in [2.24, 2.45) is 0 Å². The Morgan fingerprint density at radius 1 is 1.17 bits per heavy atom. The molecule has 0 aliphatic rings. The first-order valence-electron chi connectivity index (χ1n) is 6.10. The summed E-state index contributed by atoms with van der Waals surface area (Å²) in [4.78, 5) is 15.8. The van der Waals surface area contributed by atoms with Crippen molar-refractivity contribution in [1.82, 2.24) is 4.98 Å². The quantitative estimate of drug-likeness (QED) is 0.551. The largest absolute Gasteiger partial charge is 0.461 e. The number of nitrogens with zero attached hydrogens (tertiary/aromatic N) is 1. The SMILES string of the molecule is CCOC(=O)c1cccc(C(OCC)OCC)n1. The second-order valence-electron chi connectivity index (χ2n) is 3.41. The van der Waals surface area contributed by atoms with Gasteiger partial charge in [0.15, 0.2) is 0 Å². The molecule has 0 unspecified atom stereocenters. The minimum Gasteiger partial charge on any atom is -0.461 e. The molecule has 0 N–H and O–H groups in total. The summed E-state index contributed by atoms with van der Waals surface area (Å²) in [5, 5.41) is 0. The van der Waals surface area contributed by atoms with E-state index in [9.17, 15) is 4.79 Å². The molecule has 0 fully saturated rings. The van der Waals surface area contributed by atoms with Crippen LogP contribution in [0.5, 0.6) is 0 Å². The lowest BCUT2D eigenvalue weighted by Crippen LogP contribution is -2.14. The molecule has 18 heavy (non-hydrogen) atoms. The van der Waals surface area contributed by atoms with Gasteiger partial charge in [-0.2, -0.15) is 0 Å². The number of carbonyl (C=O) groups is 1. The summed E-state index contributed by atoms with van der Waals surface area (Å²) in [6, 6.07) is 5.11. The molecule has 5 heteroatoms. The number of esters is 1. The Bertz CT molecular complexity index is 375. The van der Waals surface area contributed by atoms with Crippen LogP contribution in [0.3, 0.4) is 0 Å². The highest BCUT2D eigenvalue weighted by Gasteiger charge is 2.16. The lowest BCUT2D eigenvalue weighted by Gasteiger charge is -2.16. The molecular formula is C13H19NO4. The van der Waals surface area contributed by atoms with Crippen LogP contribution in [0.4, 0.5) is 0 Å². The maximum absolute atomic E-state index is 11.6. The van der Waals surface area contributed by atoms with Gasteiger partial charge in [0.1, 0.15) is 5.69 Å². The lowest BCUT2D eigenvalue weighted by atomic mass is 10.3. The van der Waals surface area contributed by atoms with E-state index in [1.54, 1.807) is 25.1 Å². The van der Waals surface area contributed by atoms with Gasteiger partial charge in [0, 0.05) is 13.2 Å². The smallest absolute Gasteiger partial charge is 0.356 e. The Morgan fingerprint density at radius 3 is 2.39 bits per heavy atom. The van der Waals surface area contributed by atoms with Crippen LogP contribution in [0.1, 0.15) is 43.2 Å². The Labute approximate surface area is 107 Å². The maximum atomic E-state index is 11.6. The zero-order valence-electron chi connectivity index (χ0n) is 11.0. The topological polar surface area (TPSA) is 57.7 Å². The van der Waals surface area contributed by atoms with Gasteiger partial charge in [0.2, 0.25) is 6.29 Å². The molecule has 0 saturated carbocycles. The van der Waals surface area contributed by atoms with Gasteiger partial charge >= 0.3 is 5.97 Å². The number of carbonyl (C=O) groups excluding carboxylic acids is 1. The number of hydrogen-bond acceptors (Lipinski definition) is 5. The normalized spacial score (nSPS) is 10.7. The molecule has 1 aromatic heterocycles. The van der Waals surface area contributed by atoms with Gasteiger partial charge in [-0.05, 0) is 32.9 Å². The van der Waals surface area contributed by atoms with E-state index in [0.717, 1.165) is 0 Å². The van der Waals surface area contributed by atoms with Crippen LogP contribution in [0.2, 0.25) is 0 Å². The minimum absolute atomic E-state index is 0.263. The summed E-state index contributed by atoms with van der Waals surface area (Å²) in [5.74, 6) is -0.439. The van der Waals surface area contributed by atoms with Crippen LogP contribution in [-0.2, 0) is 14.2 Å². The van der Waals surface area contributed by atoms with E-state index in [2.05, 4.69) is 4.98 Å². The molecule has 0 aliphatic heterocycles. The van der Waals surface area contributed by atoms with E-state index in [0.29, 0.717) is 25.5 Å². The average Bonchev–Trinajstić information content (AvgIpc) is 2.39. The molecule has 0 radical (unpaired) electrons. The van der Waals surface area contributed by atoms with Crippen molar-refractivity contribution in [3.05, 3.63) is 29.6 Å². The molecular weight excluding hydrogens is 234 g/mol. The summed E-state index contributed by atoms with van der Waals surface area (Å²) in [5.41, 5.74) is 0.836. The summed E-state index contributed by atoms with van der Waals surface area (Å²) < 4.78 is 15.8. The second-order valence-corrected chi connectivity index (χ2v) is 3.41. The Morgan fingerprint density at radius 2 is 1.83 bits per heavy atom. The summed E-state index contributed by atoms with van der Waals surface area (Å²) >= 11 is 0. The third-order valence-corrected chi connectivity index (χ3v) is 2.13. The Hall–Kier alpha value is -1.46. The lowest BCUT2D eigenvalue weighted by molar-refractivity contribution is -0.142. The van der Waals surface area contributed by atoms with Gasteiger partial charge in [0.05, 0.1) is 12.3 Å². The number of pyridine rings is 1. The number of rotatable bonds is 7. The predicted molar refractivity (Wildman–Crippen MR) is 66.2 cm³/mol. The fourth-order valence-corrected chi connectivity index (χ4v) is 1.42. The van der Waals surface area contributed by atoms with Crippen molar-refractivity contribution in [3.63, 3.8) is 0 Å². The van der Waals surface area contributed by atoms with Crippen LogP contribution in [-0.4, -0.2) is 30.8 Å². The monoisotopic (exact) mass is 253 g/mol. The summed E-state index contributed by atoms with van der Waals surface area (Å²) in [6.07, 6.45) is -0.547. The van der Waals surface area contributed by atoms with Crippen LogP contribution in [0.25, 0.3) is 0 Å². The molecule has 0 aromatic carbocycles. The van der Waals surface area contributed by atoms with E-state index < -0.39 is 12.3 Å². The molecule has 0 amide bonds. The highest BCUT2D eigenvalue weighted by Crippen LogP contribution is 2.17. The van der Waals surface area contributed by atoms with Gasteiger partial charge in [-0.15, -0.1) is 0 Å². The molecule has 5 nitrogen and oxygen atoms in total. The second kappa shape index (κ2) is 7.79. The number of ether oxygens (including phenoxy) is 3. The summed E-state index contributed by atoms with van der Waals surface area (Å²) in [7, 11) is 0. The first kappa shape index (κ1) is 14.6. The number of hydrogen-bond donors (Lipinski definition) is 0. The van der Waals surface area contributed by atoms with Gasteiger partial charge in [0.25, 0.3) is 0 Å². The predicted octanol–water partition coefficient (Wildman–Crippen LogP) is 2.33. The average molecular weight is 253 g/mol. The molecule has 0 bridgehead atoms. The Kier molecular flexibility index (Phi) is 6.32. The maximum Gasteiger partial charge on any atom is 0.356 e. The van der Waals surface area contributed by atoms with Crippen LogP contribution < -0.4 is 0 Å². The highest BCUT2D eigenvalue weighted by molar-refractivity contribution is 5.87. The fourth-order valence-electron chi connectivity index (χ4n) is 1.42. The molecule has 0 atom stereocenters. The zero-order valence-corrected chi connectivity index (χ0v) is 11.0. The first-order valence-corrected chi connectivity index (χ1v) is 6.10. The van der Waals surface area contributed by atoms with Crippen molar-refractivity contribution < 1.29 is 19.0 Å². The molecule has 0 spiro atoms. The van der Waals surface area contributed by atoms with Crippen molar-refractivity contribution in [1.29, 1.82) is 0 Å². The molecule has 1 heterocycles. The van der Waals surface area contributed by atoms with E-state index >= 15 is 0 Å². The van der Waals surface area contributed by atoms with Crippen LogP contribution in [0.15, 0.2) is 18.2 Å².